The summed E-state index contributed by atoms with van der Waals surface area (Å²) in [6.07, 6.45) is -0.971. The summed E-state index contributed by atoms with van der Waals surface area (Å²) in [5.74, 6) is 0.280. The van der Waals surface area contributed by atoms with Gasteiger partial charge in [-0.05, 0) is 45.4 Å². The van der Waals surface area contributed by atoms with E-state index in [2.05, 4.69) is 36.7 Å². The fourth-order valence-corrected chi connectivity index (χ4v) is 2.39. The van der Waals surface area contributed by atoms with E-state index in [9.17, 15) is 9.90 Å². The molecule has 3 N–H and O–H groups in total. The van der Waals surface area contributed by atoms with Crippen LogP contribution in [0, 0.1) is 0 Å². The number of hydrogen-bond donors (Lipinski definition) is 3. The highest BCUT2D eigenvalue weighted by atomic mass is 79.9. The highest BCUT2D eigenvalue weighted by Crippen LogP contribution is 2.20. The molecule has 26 heavy (non-hydrogen) atoms. The number of aliphatic hydroxyl groups excluding tert-OH is 1. The molecular weight excluding hydrogens is 404 g/mol. The van der Waals surface area contributed by atoms with Gasteiger partial charge in [-0.1, -0.05) is 33.2 Å². The van der Waals surface area contributed by atoms with Crippen molar-refractivity contribution in [3.8, 4) is 0 Å². The maximum Gasteiger partial charge on any atom is 0.408 e. The maximum absolute atomic E-state index is 12.2. The third kappa shape index (κ3) is 6.64. The van der Waals surface area contributed by atoms with Crippen molar-refractivity contribution in [3.05, 3.63) is 40.1 Å². The van der Waals surface area contributed by atoms with Gasteiger partial charge in [0, 0.05) is 10.9 Å². The van der Waals surface area contributed by atoms with Gasteiger partial charge >= 0.3 is 12.1 Å². The van der Waals surface area contributed by atoms with Crippen molar-refractivity contribution in [1.82, 2.24) is 15.5 Å². The zero-order valence-corrected chi connectivity index (χ0v) is 16.7. The lowest BCUT2D eigenvalue weighted by Gasteiger charge is -2.22. The van der Waals surface area contributed by atoms with Crippen molar-refractivity contribution < 1.29 is 19.2 Å². The number of nitrogens with one attached hydrogen (secondary N) is 2. The van der Waals surface area contributed by atoms with Crippen molar-refractivity contribution in [2.45, 2.75) is 52.0 Å². The molecule has 1 amide bonds. The predicted molar refractivity (Wildman–Crippen MR) is 99.6 cm³/mol. The van der Waals surface area contributed by atoms with Gasteiger partial charge in [-0.3, -0.25) is 0 Å². The van der Waals surface area contributed by atoms with Crippen molar-refractivity contribution in [3.63, 3.8) is 0 Å². The quantitative estimate of drug-likeness (QED) is 0.607. The number of aromatic nitrogens is 2. The molecule has 0 saturated carbocycles. The average Bonchev–Trinajstić information content (AvgIpc) is 2.94. The van der Waals surface area contributed by atoms with E-state index >= 15 is 0 Å². The lowest BCUT2D eigenvalue weighted by atomic mass is 10.1. The minimum Gasteiger partial charge on any atom is -0.444 e. The Kier molecular flexibility index (Phi) is 6.60. The van der Waals surface area contributed by atoms with Crippen LogP contribution in [0.15, 0.2) is 33.3 Å². The lowest BCUT2D eigenvalue weighted by Crippen LogP contribution is -2.36. The number of anilines is 1. The van der Waals surface area contributed by atoms with Crippen molar-refractivity contribution in [1.29, 1.82) is 0 Å². The number of rotatable bonds is 6. The van der Waals surface area contributed by atoms with Crippen LogP contribution in [-0.2, 0) is 11.2 Å². The van der Waals surface area contributed by atoms with Gasteiger partial charge in [-0.25, -0.2) is 4.79 Å². The SMILES string of the molecule is CC(O)Nc1nc(C(Cc2ccc(Br)cc2)NC(=O)OC(C)(C)C)no1. The third-order valence-corrected chi connectivity index (χ3v) is 3.66. The number of carbonyl (C=O) groups is 1. The Morgan fingerprint density at radius 2 is 2.00 bits per heavy atom. The fraction of sp³-hybridized carbons (Fsp3) is 0.471. The molecule has 0 spiro atoms. The minimum atomic E-state index is -0.841. The molecule has 8 nitrogen and oxygen atoms in total. The number of halogens is 1. The summed E-state index contributed by atoms with van der Waals surface area (Å²) in [5.41, 5.74) is 0.354. The van der Waals surface area contributed by atoms with Crippen molar-refractivity contribution in [2.75, 3.05) is 5.32 Å². The Hall–Kier alpha value is -2.13. The third-order valence-electron chi connectivity index (χ3n) is 3.13. The van der Waals surface area contributed by atoms with Gasteiger partial charge in [0.15, 0.2) is 5.82 Å². The summed E-state index contributed by atoms with van der Waals surface area (Å²) in [4.78, 5) is 16.4. The van der Waals surface area contributed by atoms with E-state index in [0.717, 1.165) is 10.0 Å². The highest BCUT2D eigenvalue weighted by Gasteiger charge is 2.24. The average molecular weight is 427 g/mol. The summed E-state index contributed by atoms with van der Waals surface area (Å²) in [5, 5.41) is 18.6. The Morgan fingerprint density at radius 3 is 2.58 bits per heavy atom. The molecule has 0 aliphatic rings. The molecule has 2 unspecified atom stereocenters. The highest BCUT2D eigenvalue weighted by molar-refractivity contribution is 9.10. The first kappa shape index (κ1) is 20.2. The van der Waals surface area contributed by atoms with Crippen molar-refractivity contribution >= 4 is 28.0 Å². The lowest BCUT2D eigenvalue weighted by molar-refractivity contribution is 0.0500. The molecule has 1 aromatic heterocycles. The molecule has 0 aliphatic carbocycles. The van der Waals surface area contributed by atoms with Crippen molar-refractivity contribution in [2.24, 2.45) is 0 Å². The largest absolute Gasteiger partial charge is 0.444 e. The zero-order chi connectivity index (χ0) is 19.3. The van der Waals surface area contributed by atoms with E-state index in [1.165, 1.54) is 6.92 Å². The van der Waals surface area contributed by atoms with Crippen LogP contribution in [0.1, 0.15) is 45.1 Å². The second kappa shape index (κ2) is 8.50. The standard InChI is InChI=1S/C17H23BrN4O4/c1-10(23)19-15-21-14(22-26-15)13(20-16(24)25-17(2,3)4)9-11-5-7-12(18)8-6-11/h5-8,10,13,23H,9H2,1-4H3,(H,20,24)(H,19,21,22). The second-order valence-electron chi connectivity index (χ2n) is 6.81. The zero-order valence-electron chi connectivity index (χ0n) is 15.1. The first-order valence-electron chi connectivity index (χ1n) is 8.14. The number of nitrogens with zero attached hydrogens (tertiary/aromatic N) is 2. The van der Waals surface area contributed by atoms with Crippen LogP contribution in [-0.4, -0.2) is 33.2 Å². The summed E-state index contributed by atoms with van der Waals surface area (Å²) >= 11 is 3.39. The smallest absolute Gasteiger partial charge is 0.408 e. The molecule has 2 aromatic rings. The topological polar surface area (TPSA) is 110 Å². The number of carbonyl (C=O) groups excluding carboxylic acids is 1. The first-order chi connectivity index (χ1) is 12.1. The molecular formula is C17H23BrN4O4. The molecule has 1 aromatic carbocycles. The van der Waals surface area contributed by atoms with Gasteiger partial charge in [-0.15, -0.1) is 0 Å². The van der Waals surface area contributed by atoms with Gasteiger partial charge in [0.25, 0.3) is 0 Å². The van der Waals surface area contributed by atoms with Crippen LogP contribution in [0.4, 0.5) is 10.8 Å². The van der Waals surface area contributed by atoms with Gasteiger partial charge in [0.2, 0.25) is 0 Å². The molecule has 0 saturated heterocycles. The minimum absolute atomic E-state index is 0.0711. The first-order valence-corrected chi connectivity index (χ1v) is 8.94. The van der Waals surface area contributed by atoms with Crippen LogP contribution in [0.3, 0.4) is 0 Å². The van der Waals surface area contributed by atoms with Crippen LogP contribution < -0.4 is 10.6 Å². The Labute approximate surface area is 160 Å². The molecule has 1 heterocycles. The van der Waals surface area contributed by atoms with Gasteiger partial charge < -0.3 is 25.0 Å². The normalized spacial score (nSPS) is 13.8. The Balaban J connectivity index is 2.18. The van der Waals surface area contributed by atoms with Crippen LogP contribution in [0.25, 0.3) is 0 Å². The monoisotopic (exact) mass is 426 g/mol. The maximum atomic E-state index is 12.2. The molecule has 0 radical (unpaired) electrons. The number of amides is 1. The number of alkyl carbamates (subject to hydrolysis) is 1. The van der Waals surface area contributed by atoms with Gasteiger partial charge in [0.1, 0.15) is 11.8 Å². The summed E-state index contributed by atoms with van der Waals surface area (Å²) in [7, 11) is 0. The molecule has 2 atom stereocenters. The Bertz CT molecular complexity index is 725. The van der Waals surface area contributed by atoms with Crippen LogP contribution in [0.5, 0.6) is 0 Å². The van der Waals surface area contributed by atoms with E-state index in [1.807, 2.05) is 24.3 Å². The number of benzene rings is 1. The fourth-order valence-electron chi connectivity index (χ4n) is 2.13. The molecule has 0 fully saturated rings. The van der Waals surface area contributed by atoms with E-state index < -0.39 is 24.0 Å². The van der Waals surface area contributed by atoms with E-state index in [1.54, 1.807) is 20.8 Å². The summed E-state index contributed by atoms with van der Waals surface area (Å²) < 4.78 is 11.3. The van der Waals surface area contributed by atoms with Crippen LogP contribution in [0.2, 0.25) is 0 Å². The molecule has 0 aliphatic heterocycles. The molecule has 9 heteroatoms. The van der Waals surface area contributed by atoms with E-state index in [4.69, 9.17) is 9.26 Å². The predicted octanol–water partition coefficient (Wildman–Crippen LogP) is 3.39. The van der Waals surface area contributed by atoms with Gasteiger partial charge in [-0.2, -0.15) is 4.98 Å². The van der Waals surface area contributed by atoms with Gasteiger partial charge in [0.05, 0.1) is 6.04 Å². The second-order valence-corrected chi connectivity index (χ2v) is 7.72. The van der Waals surface area contributed by atoms with E-state index in [0.29, 0.717) is 6.42 Å². The molecule has 0 bridgehead atoms. The molecule has 142 valence electrons. The van der Waals surface area contributed by atoms with E-state index in [-0.39, 0.29) is 11.8 Å². The number of aliphatic hydroxyl groups is 1. The summed E-state index contributed by atoms with van der Waals surface area (Å²) in [6, 6.07) is 7.21. The number of ether oxygens (including phenoxy) is 1. The Morgan fingerprint density at radius 1 is 1.35 bits per heavy atom. The summed E-state index contributed by atoms with van der Waals surface area (Å²) in [6.45, 7) is 6.89. The molecule has 2 rings (SSSR count). The number of hydrogen-bond acceptors (Lipinski definition) is 7. The van der Waals surface area contributed by atoms with Crippen LogP contribution >= 0.6 is 15.9 Å².